The van der Waals surface area contributed by atoms with Crippen molar-refractivity contribution in [2.75, 3.05) is 5.73 Å². The first-order chi connectivity index (χ1) is 9.49. The lowest BCUT2D eigenvalue weighted by molar-refractivity contribution is 0.514. The fourth-order valence-electron chi connectivity index (χ4n) is 2.03. The molecule has 0 saturated carbocycles. The Morgan fingerprint density at radius 3 is 2.50 bits per heavy atom. The molecule has 3 nitrogen and oxygen atoms in total. The smallest absolute Gasteiger partial charge is 0.206 e. The predicted octanol–water partition coefficient (Wildman–Crippen LogP) is 3.68. The molecule has 0 bridgehead atoms. The van der Waals surface area contributed by atoms with Crippen LogP contribution in [0.15, 0.2) is 30.3 Å². The van der Waals surface area contributed by atoms with Crippen molar-refractivity contribution < 1.29 is 13.2 Å². The third kappa shape index (κ3) is 1.80. The lowest BCUT2D eigenvalue weighted by Gasteiger charge is -2.08. The van der Waals surface area contributed by atoms with Crippen LogP contribution in [0.3, 0.4) is 0 Å². The van der Waals surface area contributed by atoms with Crippen LogP contribution in [0.25, 0.3) is 16.7 Å². The number of nitrogens with two attached hydrogens (primary N) is 1. The maximum atomic E-state index is 13.9. The van der Waals surface area contributed by atoms with Gasteiger partial charge in [-0.15, -0.1) is 0 Å². The van der Waals surface area contributed by atoms with Crippen LogP contribution in [0.2, 0.25) is 5.02 Å². The molecule has 0 aliphatic heterocycles. The van der Waals surface area contributed by atoms with E-state index in [4.69, 9.17) is 17.3 Å². The molecular weight excluding hydrogens is 291 g/mol. The molecule has 2 aromatic carbocycles. The number of anilines is 1. The summed E-state index contributed by atoms with van der Waals surface area (Å²) >= 11 is 5.66. The molecule has 3 aromatic rings. The van der Waals surface area contributed by atoms with E-state index >= 15 is 0 Å². The molecule has 0 atom stereocenters. The van der Waals surface area contributed by atoms with Crippen LogP contribution >= 0.6 is 11.6 Å². The Hall–Kier alpha value is -2.21. The van der Waals surface area contributed by atoms with E-state index in [1.807, 2.05) is 0 Å². The van der Waals surface area contributed by atoms with E-state index in [-0.39, 0.29) is 27.7 Å². The lowest BCUT2D eigenvalue weighted by Crippen LogP contribution is -2.04. The molecule has 0 radical (unpaired) electrons. The van der Waals surface area contributed by atoms with E-state index in [1.165, 1.54) is 18.2 Å². The minimum absolute atomic E-state index is 0.0566. The molecule has 1 aromatic heterocycles. The Labute approximate surface area is 116 Å². The van der Waals surface area contributed by atoms with Crippen molar-refractivity contribution in [2.45, 2.75) is 0 Å². The molecule has 0 amide bonds. The fraction of sp³-hybridized carbons (Fsp3) is 0. The van der Waals surface area contributed by atoms with Crippen molar-refractivity contribution in [1.29, 1.82) is 0 Å². The normalized spacial score (nSPS) is 11.2. The molecule has 7 heteroatoms. The van der Waals surface area contributed by atoms with E-state index in [0.29, 0.717) is 0 Å². The van der Waals surface area contributed by atoms with E-state index in [9.17, 15) is 13.2 Å². The summed E-state index contributed by atoms with van der Waals surface area (Å²) in [5, 5.41) is 0.181. The maximum Gasteiger partial charge on any atom is 0.206 e. The van der Waals surface area contributed by atoms with Crippen LogP contribution in [0.5, 0.6) is 0 Å². The van der Waals surface area contributed by atoms with Crippen molar-refractivity contribution in [3.63, 3.8) is 0 Å². The summed E-state index contributed by atoms with van der Waals surface area (Å²) in [6, 6.07) is 6.00. The molecule has 0 aliphatic carbocycles. The third-order valence-corrected chi connectivity index (χ3v) is 3.12. The average molecular weight is 298 g/mol. The van der Waals surface area contributed by atoms with Crippen LogP contribution in [0.1, 0.15) is 0 Å². The SMILES string of the molecule is Nc1nc2ccc(F)c(F)c2n1-c1ccc(Cl)cc1F. The van der Waals surface area contributed by atoms with Crippen molar-refractivity contribution >= 4 is 28.6 Å². The molecule has 0 fully saturated rings. The van der Waals surface area contributed by atoms with Crippen molar-refractivity contribution in [2.24, 2.45) is 0 Å². The highest BCUT2D eigenvalue weighted by Crippen LogP contribution is 2.29. The molecule has 0 spiro atoms. The van der Waals surface area contributed by atoms with Crippen molar-refractivity contribution in [3.8, 4) is 5.69 Å². The number of nitrogen functional groups attached to an aromatic ring is 1. The van der Waals surface area contributed by atoms with Gasteiger partial charge in [-0.2, -0.15) is 0 Å². The minimum atomic E-state index is -1.14. The second-order valence-electron chi connectivity index (χ2n) is 4.13. The van der Waals surface area contributed by atoms with Crippen LogP contribution < -0.4 is 5.73 Å². The topological polar surface area (TPSA) is 43.8 Å². The molecule has 0 saturated heterocycles. The molecule has 1 heterocycles. The van der Waals surface area contributed by atoms with Crippen LogP contribution in [-0.2, 0) is 0 Å². The van der Waals surface area contributed by atoms with Crippen molar-refractivity contribution in [3.05, 3.63) is 52.8 Å². The van der Waals surface area contributed by atoms with E-state index in [1.54, 1.807) is 0 Å². The Morgan fingerprint density at radius 1 is 1.05 bits per heavy atom. The maximum absolute atomic E-state index is 13.9. The Balaban J connectivity index is 2.41. The van der Waals surface area contributed by atoms with Gasteiger partial charge < -0.3 is 5.73 Å². The zero-order valence-corrected chi connectivity index (χ0v) is 10.6. The Bertz CT molecular complexity index is 829. The number of nitrogens with zero attached hydrogens (tertiary/aromatic N) is 2. The summed E-state index contributed by atoms with van der Waals surface area (Å²) in [6.07, 6.45) is 0. The minimum Gasteiger partial charge on any atom is -0.369 e. The third-order valence-electron chi connectivity index (χ3n) is 2.89. The van der Waals surface area contributed by atoms with Gasteiger partial charge in [-0.3, -0.25) is 4.57 Å². The predicted molar refractivity (Wildman–Crippen MR) is 70.4 cm³/mol. The highest BCUT2D eigenvalue weighted by atomic mass is 35.5. The van der Waals surface area contributed by atoms with Gasteiger partial charge in [0.25, 0.3) is 0 Å². The number of benzene rings is 2. The molecule has 2 N–H and O–H groups in total. The summed E-state index contributed by atoms with van der Waals surface area (Å²) in [7, 11) is 0. The van der Waals surface area contributed by atoms with Gasteiger partial charge in [-0.25, -0.2) is 18.2 Å². The van der Waals surface area contributed by atoms with Gasteiger partial charge in [-0.05, 0) is 30.3 Å². The van der Waals surface area contributed by atoms with E-state index in [2.05, 4.69) is 4.98 Å². The molecular formula is C13H7ClF3N3. The van der Waals surface area contributed by atoms with E-state index in [0.717, 1.165) is 16.7 Å². The number of fused-ring (bicyclic) bond motifs is 1. The number of rotatable bonds is 1. The first kappa shape index (κ1) is 12.8. The van der Waals surface area contributed by atoms with Crippen molar-refractivity contribution in [1.82, 2.24) is 9.55 Å². The summed E-state index contributed by atoms with van der Waals surface area (Å²) in [4.78, 5) is 3.89. The zero-order valence-electron chi connectivity index (χ0n) is 9.87. The summed E-state index contributed by atoms with van der Waals surface area (Å²) in [5.74, 6) is -3.06. The van der Waals surface area contributed by atoms with Crippen LogP contribution in [0, 0.1) is 17.5 Å². The first-order valence-electron chi connectivity index (χ1n) is 5.56. The van der Waals surface area contributed by atoms with Gasteiger partial charge in [0.2, 0.25) is 5.95 Å². The number of hydrogen-bond acceptors (Lipinski definition) is 2. The lowest BCUT2D eigenvalue weighted by atomic mass is 10.2. The molecule has 20 heavy (non-hydrogen) atoms. The van der Waals surface area contributed by atoms with Gasteiger partial charge in [0.05, 0.1) is 11.2 Å². The summed E-state index contributed by atoms with van der Waals surface area (Å²) in [5.41, 5.74) is 5.53. The largest absolute Gasteiger partial charge is 0.369 e. The number of aromatic nitrogens is 2. The highest BCUT2D eigenvalue weighted by Gasteiger charge is 2.19. The average Bonchev–Trinajstić information content (AvgIpc) is 2.72. The fourth-order valence-corrected chi connectivity index (χ4v) is 2.19. The quantitative estimate of drug-likeness (QED) is 0.744. The Morgan fingerprint density at radius 2 is 1.80 bits per heavy atom. The van der Waals surface area contributed by atoms with Crippen LogP contribution in [-0.4, -0.2) is 9.55 Å². The van der Waals surface area contributed by atoms with Gasteiger partial charge in [0, 0.05) is 5.02 Å². The zero-order chi connectivity index (χ0) is 14.4. The van der Waals surface area contributed by atoms with Crippen LogP contribution in [0.4, 0.5) is 19.1 Å². The van der Waals surface area contributed by atoms with Gasteiger partial charge >= 0.3 is 0 Å². The second-order valence-corrected chi connectivity index (χ2v) is 4.57. The molecule has 3 rings (SSSR count). The number of halogens is 4. The van der Waals surface area contributed by atoms with Gasteiger partial charge in [0.1, 0.15) is 11.3 Å². The summed E-state index contributed by atoms with van der Waals surface area (Å²) < 4.78 is 42.2. The number of imidazole rings is 1. The highest BCUT2D eigenvalue weighted by molar-refractivity contribution is 6.30. The van der Waals surface area contributed by atoms with Gasteiger partial charge in [-0.1, -0.05) is 11.6 Å². The van der Waals surface area contributed by atoms with E-state index < -0.39 is 17.5 Å². The molecule has 102 valence electrons. The van der Waals surface area contributed by atoms with Gasteiger partial charge in [0.15, 0.2) is 11.6 Å². The molecule has 0 aliphatic rings. The second kappa shape index (κ2) is 4.42. The number of hydrogen-bond donors (Lipinski definition) is 1. The monoisotopic (exact) mass is 297 g/mol. The first-order valence-corrected chi connectivity index (χ1v) is 5.94. The Kier molecular flexibility index (Phi) is 2.83. The standard InChI is InChI=1S/C13H7ClF3N3/c14-6-1-4-10(8(16)5-6)20-12-9(19-13(20)18)3-2-7(15)11(12)17/h1-5H,(H2,18,19). The molecule has 0 unspecified atom stereocenters. The summed E-state index contributed by atoms with van der Waals surface area (Å²) in [6.45, 7) is 0.